The fraction of sp³-hybridized carbons (Fsp3) is 0.455. The van der Waals surface area contributed by atoms with Crippen LogP contribution in [0.25, 0.3) is 0 Å². The summed E-state index contributed by atoms with van der Waals surface area (Å²) in [6, 6.07) is 10.4. The lowest BCUT2D eigenvalue weighted by Gasteiger charge is -2.31. The van der Waals surface area contributed by atoms with Crippen LogP contribution < -0.4 is 10.6 Å². The fourth-order valence-corrected chi connectivity index (χ4v) is 4.33. The minimum atomic E-state index is -0.136. The number of rotatable bonds is 8. The summed E-state index contributed by atoms with van der Waals surface area (Å²) in [6.45, 7) is 1.15. The summed E-state index contributed by atoms with van der Waals surface area (Å²) in [5.41, 5.74) is 2.63. The van der Waals surface area contributed by atoms with Gasteiger partial charge in [0.05, 0.1) is 0 Å². The summed E-state index contributed by atoms with van der Waals surface area (Å²) in [6.07, 6.45) is 6.74. The Bertz CT molecular complexity index is 770. The maximum absolute atomic E-state index is 12.3. The minimum absolute atomic E-state index is 0.0848. The highest BCUT2D eigenvalue weighted by Gasteiger charge is 2.19. The fourth-order valence-electron chi connectivity index (χ4n) is 3.70. The van der Waals surface area contributed by atoms with Crippen LogP contribution in [0.4, 0.5) is 5.69 Å². The van der Waals surface area contributed by atoms with E-state index in [0.29, 0.717) is 18.2 Å². The molecule has 0 radical (unpaired) electrons. The Balaban J connectivity index is 1.49. The Morgan fingerprint density at radius 2 is 1.93 bits per heavy atom. The molecule has 0 saturated heterocycles. The number of carbonyl (C=O) groups is 2. The van der Waals surface area contributed by atoms with Gasteiger partial charge in [-0.25, -0.2) is 0 Å². The molecule has 1 fully saturated rings. The molecule has 1 aromatic carbocycles. The third-order valence-electron chi connectivity index (χ3n) is 5.33. The van der Waals surface area contributed by atoms with Crippen molar-refractivity contribution in [2.45, 2.75) is 51.1 Å². The molecular formula is C22H29N3O2S. The first-order chi connectivity index (χ1) is 13.6. The van der Waals surface area contributed by atoms with Gasteiger partial charge in [0, 0.05) is 42.2 Å². The molecule has 2 amide bonds. The molecule has 0 spiro atoms. The summed E-state index contributed by atoms with van der Waals surface area (Å²) in [5, 5.41) is 9.47. The molecule has 150 valence electrons. The average molecular weight is 400 g/mol. The number of hydrogen-bond acceptors (Lipinski definition) is 4. The van der Waals surface area contributed by atoms with Crippen LogP contribution in [0.1, 0.15) is 54.4 Å². The number of hydrogen-bond donors (Lipinski definition) is 2. The van der Waals surface area contributed by atoms with Crippen molar-refractivity contribution >= 4 is 28.8 Å². The van der Waals surface area contributed by atoms with E-state index in [1.165, 1.54) is 43.4 Å². The van der Waals surface area contributed by atoms with Gasteiger partial charge in [-0.15, -0.1) is 0 Å². The number of amides is 2. The Kier molecular flexibility index (Phi) is 7.62. The molecular weight excluding hydrogens is 370 g/mol. The quantitative estimate of drug-likeness (QED) is 0.697. The van der Waals surface area contributed by atoms with Gasteiger partial charge in [-0.1, -0.05) is 37.5 Å². The number of anilines is 1. The topological polar surface area (TPSA) is 61.4 Å². The van der Waals surface area contributed by atoms with Crippen LogP contribution in [0.2, 0.25) is 0 Å². The normalized spacial score (nSPS) is 14.8. The highest BCUT2D eigenvalue weighted by Crippen LogP contribution is 2.25. The SMILES string of the molecule is CN(Cc1ccccc1NC(=O)CCNC(=O)c1ccsc1)C1CCCCC1. The third-order valence-corrected chi connectivity index (χ3v) is 6.01. The summed E-state index contributed by atoms with van der Waals surface area (Å²) in [4.78, 5) is 26.7. The minimum Gasteiger partial charge on any atom is -0.351 e. The molecule has 1 aliphatic rings. The molecule has 1 saturated carbocycles. The zero-order chi connectivity index (χ0) is 19.8. The zero-order valence-electron chi connectivity index (χ0n) is 16.4. The standard InChI is InChI=1S/C22H29N3O2S/c1-25(19-8-3-2-4-9-19)15-17-7-5-6-10-20(17)24-21(26)11-13-23-22(27)18-12-14-28-16-18/h5-7,10,12,14,16,19H,2-4,8-9,11,13,15H2,1H3,(H,23,27)(H,24,26). The van der Waals surface area contributed by atoms with Gasteiger partial charge in [0.1, 0.15) is 0 Å². The molecule has 0 unspecified atom stereocenters. The third kappa shape index (κ3) is 5.91. The highest BCUT2D eigenvalue weighted by molar-refractivity contribution is 7.08. The summed E-state index contributed by atoms with van der Waals surface area (Å²) in [7, 11) is 2.18. The van der Waals surface area contributed by atoms with E-state index in [1.54, 1.807) is 11.4 Å². The monoisotopic (exact) mass is 399 g/mol. The van der Waals surface area contributed by atoms with Crippen LogP contribution in [0.3, 0.4) is 0 Å². The summed E-state index contributed by atoms with van der Waals surface area (Å²) in [5.74, 6) is -0.220. The molecule has 5 nitrogen and oxygen atoms in total. The van der Waals surface area contributed by atoms with Crippen molar-refractivity contribution in [3.63, 3.8) is 0 Å². The summed E-state index contributed by atoms with van der Waals surface area (Å²) < 4.78 is 0. The van der Waals surface area contributed by atoms with E-state index in [-0.39, 0.29) is 18.2 Å². The van der Waals surface area contributed by atoms with Crippen LogP contribution in [0.5, 0.6) is 0 Å². The first-order valence-electron chi connectivity index (χ1n) is 10.0. The first kappa shape index (κ1) is 20.6. The van der Waals surface area contributed by atoms with Crippen molar-refractivity contribution in [1.82, 2.24) is 10.2 Å². The molecule has 2 N–H and O–H groups in total. The van der Waals surface area contributed by atoms with Crippen LogP contribution in [0.15, 0.2) is 41.1 Å². The smallest absolute Gasteiger partial charge is 0.252 e. The van der Waals surface area contributed by atoms with Gasteiger partial charge in [0.2, 0.25) is 5.91 Å². The van der Waals surface area contributed by atoms with E-state index in [0.717, 1.165) is 17.8 Å². The maximum Gasteiger partial charge on any atom is 0.252 e. The van der Waals surface area contributed by atoms with Crippen LogP contribution >= 0.6 is 11.3 Å². The number of thiophene rings is 1. The van der Waals surface area contributed by atoms with E-state index >= 15 is 0 Å². The second-order valence-corrected chi connectivity index (χ2v) is 8.21. The lowest BCUT2D eigenvalue weighted by molar-refractivity contribution is -0.116. The predicted molar refractivity (Wildman–Crippen MR) is 115 cm³/mol. The molecule has 2 aromatic rings. The van der Waals surface area contributed by atoms with Gasteiger partial charge in [0.15, 0.2) is 0 Å². The van der Waals surface area contributed by atoms with Crippen molar-refractivity contribution in [2.24, 2.45) is 0 Å². The van der Waals surface area contributed by atoms with Crippen LogP contribution in [-0.4, -0.2) is 36.3 Å². The van der Waals surface area contributed by atoms with Crippen molar-refractivity contribution in [3.8, 4) is 0 Å². The first-order valence-corrected chi connectivity index (χ1v) is 11.0. The van der Waals surface area contributed by atoms with Gasteiger partial charge in [-0.3, -0.25) is 14.5 Å². The van der Waals surface area contributed by atoms with Crippen molar-refractivity contribution in [2.75, 3.05) is 18.9 Å². The lowest BCUT2D eigenvalue weighted by Crippen LogP contribution is -2.33. The number of carbonyl (C=O) groups excluding carboxylic acids is 2. The number of nitrogens with zero attached hydrogens (tertiary/aromatic N) is 1. The van der Waals surface area contributed by atoms with Crippen molar-refractivity contribution < 1.29 is 9.59 Å². The second kappa shape index (κ2) is 10.4. The van der Waals surface area contributed by atoms with Gasteiger partial charge in [-0.2, -0.15) is 11.3 Å². The predicted octanol–water partition coefficient (Wildman–Crippen LogP) is 4.27. The summed E-state index contributed by atoms with van der Waals surface area (Å²) >= 11 is 1.48. The average Bonchev–Trinajstić information content (AvgIpc) is 3.25. The lowest BCUT2D eigenvalue weighted by atomic mass is 9.94. The largest absolute Gasteiger partial charge is 0.351 e. The molecule has 1 aromatic heterocycles. The van der Waals surface area contributed by atoms with Crippen LogP contribution in [-0.2, 0) is 11.3 Å². The molecule has 0 atom stereocenters. The Labute approximate surface area is 171 Å². The Morgan fingerprint density at radius 3 is 2.68 bits per heavy atom. The Morgan fingerprint density at radius 1 is 1.14 bits per heavy atom. The second-order valence-electron chi connectivity index (χ2n) is 7.43. The van der Waals surface area contributed by atoms with E-state index in [1.807, 2.05) is 23.6 Å². The van der Waals surface area contributed by atoms with Gasteiger partial charge in [-0.05, 0) is 43.0 Å². The molecule has 0 aliphatic heterocycles. The van der Waals surface area contributed by atoms with Gasteiger partial charge < -0.3 is 10.6 Å². The van der Waals surface area contributed by atoms with E-state index in [2.05, 4.69) is 28.6 Å². The van der Waals surface area contributed by atoms with Crippen molar-refractivity contribution in [3.05, 3.63) is 52.2 Å². The number of para-hydroxylation sites is 1. The van der Waals surface area contributed by atoms with Gasteiger partial charge >= 0.3 is 0 Å². The maximum atomic E-state index is 12.3. The molecule has 3 rings (SSSR count). The molecule has 1 heterocycles. The van der Waals surface area contributed by atoms with E-state index < -0.39 is 0 Å². The molecule has 28 heavy (non-hydrogen) atoms. The molecule has 1 aliphatic carbocycles. The highest BCUT2D eigenvalue weighted by atomic mass is 32.1. The zero-order valence-corrected chi connectivity index (χ0v) is 17.3. The number of nitrogens with one attached hydrogen (secondary N) is 2. The van der Waals surface area contributed by atoms with Gasteiger partial charge in [0.25, 0.3) is 5.91 Å². The van der Waals surface area contributed by atoms with Crippen LogP contribution in [0, 0.1) is 0 Å². The van der Waals surface area contributed by atoms with E-state index in [9.17, 15) is 9.59 Å². The Hall–Kier alpha value is -2.18. The van der Waals surface area contributed by atoms with E-state index in [4.69, 9.17) is 0 Å². The number of benzene rings is 1. The molecule has 0 bridgehead atoms. The van der Waals surface area contributed by atoms with Crippen molar-refractivity contribution in [1.29, 1.82) is 0 Å². The molecule has 6 heteroatoms.